The van der Waals surface area contributed by atoms with Gasteiger partial charge in [-0.25, -0.2) is 18.8 Å². The second-order valence-corrected chi connectivity index (χ2v) is 6.31. The minimum atomic E-state index is -0.835. The van der Waals surface area contributed by atoms with Crippen molar-refractivity contribution in [2.75, 3.05) is 19.8 Å². The molecule has 0 fully saturated rings. The number of carbonyl (C=O) groups excluding carboxylic acids is 3. The summed E-state index contributed by atoms with van der Waals surface area (Å²) in [6, 6.07) is 4.25. The van der Waals surface area contributed by atoms with Gasteiger partial charge in [0.2, 0.25) is 0 Å². The lowest BCUT2D eigenvalue weighted by molar-refractivity contribution is 0.0458. The highest BCUT2D eigenvalue weighted by molar-refractivity contribution is 6.14. The van der Waals surface area contributed by atoms with Crippen LogP contribution < -0.4 is 0 Å². The molecule has 8 heteroatoms. The molecule has 1 aromatic carbocycles. The lowest BCUT2D eigenvalue weighted by atomic mass is 9.95. The number of nitrogens with zero attached hydrogens (tertiary/aromatic N) is 1. The van der Waals surface area contributed by atoms with Crippen molar-refractivity contribution in [1.82, 2.24) is 4.57 Å². The minimum absolute atomic E-state index is 0.0507. The molecule has 154 valence electrons. The molecule has 2 heterocycles. The molecule has 1 aliphatic rings. The molecule has 0 saturated heterocycles. The monoisotopic (exact) mass is 403 g/mol. The van der Waals surface area contributed by atoms with Crippen LogP contribution in [0.2, 0.25) is 0 Å². The molecule has 0 amide bonds. The van der Waals surface area contributed by atoms with E-state index in [-0.39, 0.29) is 42.3 Å². The van der Waals surface area contributed by atoms with Crippen LogP contribution in [0.15, 0.2) is 18.2 Å². The molecule has 0 bridgehead atoms. The Balaban J connectivity index is 2.39. The lowest BCUT2D eigenvalue weighted by Crippen LogP contribution is -2.20. The zero-order valence-corrected chi connectivity index (χ0v) is 16.5. The van der Waals surface area contributed by atoms with Crippen molar-refractivity contribution in [2.24, 2.45) is 0 Å². The number of aryl methyl sites for hydroxylation is 1. The van der Waals surface area contributed by atoms with E-state index in [9.17, 15) is 18.8 Å². The summed E-state index contributed by atoms with van der Waals surface area (Å²) in [5.74, 6) is -2.87. The predicted molar refractivity (Wildman–Crippen MR) is 101 cm³/mol. The molecule has 3 rings (SSSR count). The average Bonchev–Trinajstić information content (AvgIpc) is 3.04. The summed E-state index contributed by atoms with van der Waals surface area (Å²) >= 11 is 0. The second kappa shape index (κ2) is 8.46. The molecule has 7 nitrogen and oxygen atoms in total. The zero-order valence-electron chi connectivity index (χ0n) is 16.5. The van der Waals surface area contributed by atoms with Crippen LogP contribution in [-0.2, 0) is 27.2 Å². The topological polar surface area (TPSA) is 83.8 Å². The summed E-state index contributed by atoms with van der Waals surface area (Å²) < 4.78 is 31.0. The van der Waals surface area contributed by atoms with Crippen LogP contribution in [-0.4, -0.2) is 42.3 Å². The summed E-state index contributed by atoms with van der Waals surface area (Å²) in [5, 5.41) is 0. The molecule has 1 aromatic heterocycles. The lowest BCUT2D eigenvalue weighted by Gasteiger charge is -2.21. The van der Waals surface area contributed by atoms with Gasteiger partial charge >= 0.3 is 17.9 Å². The molecule has 0 aliphatic carbocycles. The number of hydrogen-bond donors (Lipinski definition) is 0. The second-order valence-electron chi connectivity index (χ2n) is 6.31. The maximum Gasteiger partial charge on any atom is 0.355 e. The van der Waals surface area contributed by atoms with Crippen LogP contribution in [0.4, 0.5) is 4.39 Å². The Hall–Kier alpha value is -3.16. The Bertz CT molecular complexity index is 978. The van der Waals surface area contributed by atoms with Crippen molar-refractivity contribution in [3.05, 3.63) is 46.4 Å². The maximum atomic E-state index is 14.0. The van der Waals surface area contributed by atoms with Gasteiger partial charge in [-0.05, 0) is 44.9 Å². The van der Waals surface area contributed by atoms with Crippen molar-refractivity contribution in [2.45, 2.75) is 33.7 Å². The molecule has 0 atom stereocenters. The van der Waals surface area contributed by atoms with Crippen molar-refractivity contribution in [3.8, 4) is 11.3 Å². The summed E-state index contributed by atoms with van der Waals surface area (Å²) in [6.45, 7) is 5.40. The Morgan fingerprint density at radius 2 is 1.52 bits per heavy atom. The van der Waals surface area contributed by atoms with Gasteiger partial charge in [-0.3, -0.25) is 0 Å². The molecule has 0 radical (unpaired) electrons. The van der Waals surface area contributed by atoms with Gasteiger partial charge < -0.3 is 18.8 Å². The largest absolute Gasteiger partial charge is 0.462 e. The molecule has 0 saturated carbocycles. The average molecular weight is 403 g/mol. The van der Waals surface area contributed by atoms with Crippen LogP contribution in [0.1, 0.15) is 57.5 Å². The molecule has 0 N–H and O–H groups in total. The van der Waals surface area contributed by atoms with Gasteiger partial charge in [-0.15, -0.1) is 0 Å². The number of rotatable bonds is 6. The fourth-order valence-corrected chi connectivity index (χ4v) is 3.56. The number of aromatic nitrogens is 1. The number of fused-ring (bicyclic) bond motifs is 3. The molecule has 0 spiro atoms. The first-order valence-electron chi connectivity index (χ1n) is 9.51. The summed E-state index contributed by atoms with van der Waals surface area (Å²) in [5.41, 5.74) is 1.08. The van der Waals surface area contributed by atoms with Gasteiger partial charge in [-0.2, -0.15) is 0 Å². The molecule has 2 aromatic rings. The standard InChI is InChI=1S/C21H22FNO6/c1-4-27-19(24)15-16(20(25)28-5-2)18(21(26)29-6-3)23-10-9-12-7-8-13(22)11-14(12)17(15)23/h7-8,11H,4-6,9-10H2,1-3H3. The minimum Gasteiger partial charge on any atom is -0.462 e. The van der Waals surface area contributed by atoms with Gasteiger partial charge in [0.1, 0.15) is 22.6 Å². The van der Waals surface area contributed by atoms with Crippen LogP contribution in [0, 0.1) is 5.82 Å². The number of ether oxygens (including phenoxy) is 3. The third kappa shape index (κ3) is 3.62. The highest BCUT2D eigenvalue weighted by atomic mass is 19.1. The molecule has 29 heavy (non-hydrogen) atoms. The normalized spacial score (nSPS) is 12.0. The number of esters is 3. The maximum absolute atomic E-state index is 14.0. The van der Waals surface area contributed by atoms with E-state index < -0.39 is 23.7 Å². The van der Waals surface area contributed by atoms with Crippen molar-refractivity contribution < 1.29 is 33.0 Å². The Kier molecular flexibility index (Phi) is 6.00. The summed E-state index contributed by atoms with van der Waals surface area (Å²) in [6.07, 6.45) is 0.494. The number of halogens is 1. The van der Waals surface area contributed by atoms with Crippen LogP contribution in [0.3, 0.4) is 0 Å². The van der Waals surface area contributed by atoms with E-state index in [1.54, 1.807) is 26.8 Å². The fourth-order valence-electron chi connectivity index (χ4n) is 3.56. The van der Waals surface area contributed by atoms with Crippen LogP contribution >= 0.6 is 0 Å². The first-order valence-corrected chi connectivity index (χ1v) is 9.51. The number of carbonyl (C=O) groups is 3. The highest BCUT2D eigenvalue weighted by Crippen LogP contribution is 2.39. The van der Waals surface area contributed by atoms with E-state index >= 15 is 0 Å². The van der Waals surface area contributed by atoms with Gasteiger partial charge in [0.05, 0.1) is 25.5 Å². The van der Waals surface area contributed by atoms with E-state index in [2.05, 4.69) is 0 Å². The van der Waals surface area contributed by atoms with Crippen LogP contribution in [0.5, 0.6) is 0 Å². The fraction of sp³-hybridized carbons (Fsp3) is 0.381. The molecular weight excluding hydrogens is 381 g/mol. The van der Waals surface area contributed by atoms with Gasteiger partial charge in [0.15, 0.2) is 0 Å². The Labute approximate surface area is 167 Å². The zero-order chi connectivity index (χ0) is 21.1. The third-order valence-electron chi connectivity index (χ3n) is 4.62. The summed E-state index contributed by atoms with van der Waals surface area (Å²) in [7, 11) is 0. The third-order valence-corrected chi connectivity index (χ3v) is 4.62. The smallest absolute Gasteiger partial charge is 0.355 e. The number of benzene rings is 1. The Morgan fingerprint density at radius 3 is 2.14 bits per heavy atom. The molecule has 1 aliphatic heterocycles. The van der Waals surface area contributed by atoms with E-state index in [4.69, 9.17) is 14.2 Å². The number of hydrogen-bond acceptors (Lipinski definition) is 6. The Morgan fingerprint density at radius 1 is 0.931 bits per heavy atom. The first kappa shape index (κ1) is 20.6. The first-order chi connectivity index (χ1) is 13.9. The molecular formula is C21H22FNO6. The van der Waals surface area contributed by atoms with E-state index in [0.29, 0.717) is 18.5 Å². The van der Waals surface area contributed by atoms with E-state index in [1.807, 2.05) is 0 Å². The van der Waals surface area contributed by atoms with Gasteiger partial charge in [0.25, 0.3) is 0 Å². The van der Waals surface area contributed by atoms with Crippen molar-refractivity contribution in [3.63, 3.8) is 0 Å². The van der Waals surface area contributed by atoms with Crippen molar-refractivity contribution >= 4 is 17.9 Å². The van der Waals surface area contributed by atoms with Gasteiger partial charge in [0, 0.05) is 12.1 Å². The van der Waals surface area contributed by atoms with Crippen molar-refractivity contribution in [1.29, 1.82) is 0 Å². The SMILES string of the molecule is CCOC(=O)c1c(C(=O)OCC)c2n(c1C(=O)OCC)CCc1ccc(F)cc1-2. The predicted octanol–water partition coefficient (Wildman–Crippen LogP) is 3.38. The van der Waals surface area contributed by atoms with E-state index in [1.165, 1.54) is 16.7 Å². The quantitative estimate of drug-likeness (QED) is 0.543. The van der Waals surface area contributed by atoms with Gasteiger partial charge in [-0.1, -0.05) is 6.07 Å². The summed E-state index contributed by atoms with van der Waals surface area (Å²) in [4.78, 5) is 38.4. The van der Waals surface area contributed by atoms with E-state index in [0.717, 1.165) is 5.56 Å². The molecule has 0 unspecified atom stereocenters. The highest BCUT2D eigenvalue weighted by Gasteiger charge is 2.38. The van der Waals surface area contributed by atoms with Crippen LogP contribution in [0.25, 0.3) is 11.3 Å².